The molecule has 0 spiro atoms. The Bertz CT molecular complexity index is 630. The lowest BCUT2D eigenvalue weighted by atomic mass is 9.87. The summed E-state index contributed by atoms with van der Waals surface area (Å²) in [6.45, 7) is 3.18. The van der Waals surface area contributed by atoms with Crippen LogP contribution in [0.25, 0.3) is 0 Å². The van der Waals surface area contributed by atoms with Gasteiger partial charge in [0.25, 0.3) is 0 Å². The molecule has 0 saturated carbocycles. The van der Waals surface area contributed by atoms with E-state index in [4.69, 9.17) is 0 Å². The number of carbonyl (C=O) groups is 2. The smallest absolute Gasteiger partial charge is 0.324 e. The molecule has 0 radical (unpaired) electrons. The first kappa shape index (κ1) is 17.9. The number of likely N-dealkylation sites (N-methyl/N-ethyl adjacent to an activating group) is 1. The molecule has 1 aromatic heterocycles. The third kappa shape index (κ3) is 3.85. The normalized spacial score (nSPS) is 24.8. The average Bonchev–Trinajstić information content (AvgIpc) is 3.16. The van der Waals surface area contributed by atoms with Gasteiger partial charge in [0.1, 0.15) is 0 Å². The summed E-state index contributed by atoms with van der Waals surface area (Å²) in [7, 11) is 6.10. The summed E-state index contributed by atoms with van der Waals surface area (Å²) < 4.78 is 1.94. The molecule has 3 heterocycles. The zero-order valence-electron chi connectivity index (χ0n) is 15.3. The van der Waals surface area contributed by atoms with Gasteiger partial charge in [-0.15, -0.1) is 0 Å². The van der Waals surface area contributed by atoms with Crippen molar-refractivity contribution < 1.29 is 9.59 Å². The number of carbonyl (C=O) groups excluding carboxylic acids is 2. The fraction of sp³-hybridized carbons (Fsp3) is 0.706. The number of urea groups is 1. The topological polar surface area (TPSA) is 73.7 Å². The second-order valence-corrected chi connectivity index (χ2v) is 7.18. The molecule has 2 aliphatic rings. The minimum absolute atomic E-state index is 0.126. The number of hydrogen-bond acceptors (Lipinski definition) is 5. The van der Waals surface area contributed by atoms with Crippen LogP contribution < -0.4 is 5.32 Å². The van der Waals surface area contributed by atoms with Gasteiger partial charge in [0, 0.05) is 32.9 Å². The molecule has 3 amide bonds. The third-order valence-electron chi connectivity index (χ3n) is 5.28. The molecule has 8 nitrogen and oxygen atoms in total. The highest BCUT2D eigenvalue weighted by molar-refractivity contribution is 5.96. The Morgan fingerprint density at radius 3 is 2.84 bits per heavy atom. The van der Waals surface area contributed by atoms with Crippen molar-refractivity contribution in [3.05, 3.63) is 18.0 Å². The highest BCUT2D eigenvalue weighted by Crippen LogP contribution is 2.35. The van der Waals surface area contributed by atoms with E-state index in [1.54, 1.807) is 0 Å². The number of nitrogens with one attached hydrogen (secondary N) is 1. The molecule has 8 heteroatoms. The lowest BCUT2D eigenvalue weighted by Gasteiger charge is -2.40. The number of rotatable bonds is 5. The second kappa shape index (κ2) is 7.53. The average molecular weight is 348 g/mol. The lowest BCUT2D eigenvalue weighted by Crippen LogP contribution is -2.45. The molecule has 25 heavy (non-hydrogen) atoms. The summed E-state index contributed by atoms with van der Waals surface area (Å²) in [6, 6.07) is 2.11. The molecule has 3 rings (SSSR count). The maximum atomic E-state index is 12.3. The van der Waals surface area contributed by atoms with Crippen LogP contribution in [-0.4, -0.2) is 83.2 Å². The van der Waals surface area contributed by atoms with Crippen LogP contribution in [0, 0.1) is 5.92 Å². The maximum Gasteiger partial charge on any atom is 0.324 e. The Labute approximate surface area is 148 Å². The molecule has 1 N–H and O–H groups in total. The fourth-order valence-electron chi connectivity index (χ4n) is 4.08. The standard InChI is InChI=1S/C17H28N6O2/c1-20(12-15(24)23-10-8-18-17(23)25)11-13-5-4-9-21(2)16(13)14-6-7-19-22(14)3/h6-7,13,16H,4-5,8-12H2,1-3H3,(H,18,25)/t13-,16+/m0/s1. The molecule has 2 saturated heterocycles. The minimum atomic E-state index is -0.274. The number of imide groups is 1. The van der Waals surface area contributed by atoms with Gasteiger partial charge in [0.15, 0.2) is 0 Å². The van der Waals surface area contributed by atoms with Crippen molar-refractivity contribution in [1.82, 2.24) is 29.8 Å². The second-order valence-electron chi connectivity index (χ2n) is 7.18. The molecule has 138 valence electrons. The summed E-state index contributed by atoms with van der Waals surface area (Å²) in [5, 5.41) is 6.99. The number of amides is 3. The molecule has 0 aromatic carbocycles. The van der Waals surface area contributed by atoms with Crippen molar-refractivity contribution >= 4 is 11.9 Å². The van der Waals surface area contributed by atoms with Gasteiger partial charge in [-0.25, -0.2) is 4.79 Å². The van der Waals surface area contributed by atoms with Crippen LogP contribution in [0.5, 0.6) is 0 Å². The SMILES string of the molecule is CN(CC(=O)N1CCNC1=O)C[C@@H]1CCCN(C)[C@H]1c1ccnn1C. The van der Waals surface area contributed by atoms with E-state index in [0.717, 1.165) is 25.9 Å². The van der Waals surface area contributed by atoms with Crippen LogP contribution in [0.2, 0.25) is 0 Å². The summed E-state index contributed by atoms with van der Waals surface area (Å²) in [6.07, 6.45) is 4.13. The Kier molecular flexibility index (Phi) is 5.39. The Balaban J connectivity index is 1.64. The van der Waals surface area contributed by atoms with Gasteiger partial charge in [-0.1, -0.05) is 0 Å². The van der Waals surface area contributed by atoms with Gasteiger partial charge in [-0.3, -0.25) is 24.2 Å². The lowest BCUT2D eigenvalue weighted by molar-refractivity contribution is -0.128. The number of likely N-dealkylation sites (tertiary alicyclic amines) is 1. The monoisotopic (exact) mass is 348 g/mol. The van der Waals surface area contributed by atoms with E-state index in [1.807, 2.05) is 29.9 Å². The molecular weight excluding hydrogens is 320 g/mol. The maximum absolute atomic E-state index is 12.3. The Morgan fingerprint density at radius 2 is 2.20 bits per heavy atom. The van der Waals surface area contributed by atoms with E-state index < -0.39 is 0 Å². The van der Waals surface area contributed by atoms with Gasteiger partial charge in [0.05, 0.1) is 18.3 Å². The van der Waals surface area contributed by atoms with Gasteiger partial charge in [-0.05, 0) is 45.5 Å². The highest BCUT2D eigenvalue weighted by Gasteiger charge is 2.34. The first-order valence-electron chi connectivity index (χ1n) is 8.92. The van der Waals surface area contributed by atoms with E-state index in [2.05, 4.69) is 28.4 Å². The van der Waals surface area contributed by atoms with E-state index in [-0.39, 0.29) is 18.5 Å². The molecule has 0 bridgehead atoms. The van der Waals surface area contributed by atoms with Gasteiger partial charge in [0.2, 0.25) is 5.91 Å². The first-order chi connectivity index (χ1) is 12.0. The number of hydrogen-bond donors (Lipinski definition) is 1. The number of aryl methyl sites for hydroxylation is 1. The van der Waals surface area contributed by atoms with Crippen molar-refractivity contribution in [2.75, 3.05) is 46.8 Å². The molecule has 2 fully saturated rings. The van der Waals surface area contributed by atoms with Gasteiger partial charge >= 0.3 is 6.03 Å². The fourth-order valence-corrected chi connectivity index (χ4v) is 4.08. The molecule has 0 unspecified atom stereocenters. The first-order valence-corrected chi connectivity index (χ1v) is 8.92. The van der Waals surface area contributed by atoms with E-state index >= 15 is 0 Å². The van der Waals surface area contributed by atoms with Crippen LogP contribution in [-0.2, 0) is 11.8 Å². The number of piperidine rings is 1. The van der Waals surface area contributed by atoms with Crippen LogP contribution in [0.3, 0.4) is 0 Å². The van der Waals surface area contributed by atoms with Crippen molar-refractivity contribution in [1.29, 1.82) is 0 Å². The molecule has 0 aliphatic carbocycles. The molecule has 2 atom stereocenters. The van der Waals surface area contributed by atoms with Crippen molar-refractivity contribution in [3.8, 4) is 0 Å². The van der Waals surface area contributed by atoms with Crippen LogP contribution in [0.1, 0.15) is 24.6 Å². The summed E-state index contributed by atoms with van der Waals surface area (Å²) in [5.74, 6) is 0.304. The number of nitrogens with zero attached hydrogens (tertiary/aromatic N) is 5. The van der Waals surface area contributed by atoms with E-state index in [1.165, 1.54) is 10.6 Å². The largest absolute Gasteiger partial charge is 0.336 e. The zero-order valence-corrected chi connectivity index (χ0v) is 15.3. The minimum Gasteiger partial charge on any atom is -0.336 e. The van der Waals surface area contributed by atoms with Gasteiger partial charge in [-0.2, -0.15) is 5.10 Å². The highest BCUT2D eigenvalue weighted by atomic mass is 16.2. The van der Waals surface area contributed by atoms with Gasteiger partial charge < -0.3 is 5.32 Å². The van der Waals surface area contributed by atoms with Crippen molar-refractivity contribution in [2.45, 2.75) is 18.9 Å². The third-order valence-corrected chi connectivity index (χ3v) is 5.28. The van der Waals surface area contributed by atoms with E-state index in [9.17, 15) is 9.59 Å². The summed E-state index contributed by atoms with van der Waals surface area (Å²) in [5.41, 5.74) is 1.21. The Morgan fingerprint density at radius 1 is 1.40 bits per heavy atom. The molecule has 2 aliphatic heterocycles. The zero-order chi connectivity index (χ0) is 18.0. The molecular formula is C17H28N6O2. The summed E-state index contributed by atoms with van der Waals surface area (Å²) >= 11 is 0. The predicted molar refractivity (Wildman–Crippen MR) is 93.9 cm³/mol. The van der Waals surface area contributed by atoms with Crippen LogP contribution in [0.15, 0.2) is 12.3 Å². The van der Waals surface area contributed by atoms with Crippen LogP contribution >= 0.6 is 0 Å². The predicted octanol–water partition coefficient (Wildman–Crippen LogP) is 0.287. The van der Waals surface area contributed by atoms with Crippen molar-refractivity contribution in [2.24, 2.45) is 13.0 Å². The quantitative estimate of drug-likeness (QED) is 0.828. The van der Waals surface area contributed by atoms with E-state index in [0.29, 0.717) is 25.0 Å². The Hall–Kier alpha value is -1.93. The number of aromatic nitrogens is 2. The summed E-state index contributed by atoms with van der Waals surface area (Å²) in [4.78, 5) is 29.7. The van der Waals surface area contributed by atoms with Crippen molar-refractivity contribution in [3.63, 3.8) is 0 Å². The van der Waals surface area contributed by atoms with Crippen LogP contribution in [0.4, 0.5) is 4.79 Å². The molecule has 1 aromatic rings.